The van der Waals surface area contributed by atoms with Gasteiger partial charge in [0.2, 0.25) is 5.91 Å². The van der Waals surface area contributed by atoms with E-state index in [0.717, 1.165) is 4.90 Å². The van der Waals surface area contributed by atoms with Gasteiger partial charge < -0.3 is 9.32 Å². The first-order valence-corrected chi connectivity index (χ1v) is 9.16. The van der Waals surface area contributed by atoms with Crippen LogP contribution in [-0.4, -0.2) is 58.5 Å². The van der Waals surface area contributed by atoms with E-state index in [2.05, 4.69) is 5.48 Å². The molecule has 0 radical (unpaired) electrons. The lowest BCUT2D eigenvalue weighted by Gasteiger charge is -2.42. The lowest BCUT2D eigenvalue weighted by atomic mass is 9.99. The minimum Gasteiger partial charge on any atom is -0.467 e. The molecule has 2 aliphatic rings. The van der Waals surface area contributed by atoms with Crippen LogP contribution in [0.1, 0.15) is 19.1 Å². The molecule has 1 aromatic heterocycles. The molecule has 3 rings (SSSR count). The summed E-state index contributed by atoms with van der Waals surface area (Å²) in [7, 11) is -4.65. The van der Waals surface area contributed by atoms with Gasteiger partial charge in [-0.05, 0) is 25.5 Å². The van der Waals surface area contributed by atoms with Crippen LogP contribution in [0.4, 0.5) is 0 Å². The van der Waals surface area contributed by atoms with Gasteiger partial charge in [-0.15, -0.1) is 0 Å². The van der Waals surface area contributed by atoms with E-state index in [1.54, 1.807) is 12.1 Å². The Balaban J connectivity index is 1.56. The van der Waals surface area contributed by atoms with Crippen LogP contribution < -0.4 is 5.48 Å². The van der Waals surface area contributed by atoms with E-state index < -0.39 is 46.0 Å². The fourth-order valence-corrected chi connectivity index (χ4v) is 3.98. The number of hydroxylamine groups is 1. The molecule has 0 bridgehead atoms. The minimum absolute atomic E-state index is 0.0180. The van der Waals surface area contributed by atoms with Crippen LogP contribution >= 0.6 is 0 Å². The summed E-state index contributed by atoms with van der Waals surface area (Å²) < 4.78 is 36.8. The summed E-state index contributed by atoms with van der Waals surface area (Å²) in [5, 5.41) is 0. The van der Waals surface area contributed by atoms with Crippen molar-refractivity contribution in [3.63, 3.8) is 0 Å². The Hall–Kier alpha value is -2.44. The fourth-order valence-electron chi connectivity index (χ4n) is 3.09. The van der Waals surface area contributed by atoms with Crippen molar-refractivity contribution in [3.8, 4) is 0 Å². The van der Waals surface area contributed by atoms with E-state index in [0.29, 0.717) is 10.1 Å². The molecule has 0 saturated carbocycles. The van der Waals surface area contributed by atoms with E-state index in [1.165, 1.54) is 13.2 Å². The third-order valence-electron chi connectivity index (χ3n) is 4.40. The normalized spacial score (nSPS) is 23.4. The lowest BCUT2D eigenvalue weighted by molar-refractivity contribution is -0.157. The van der Waals surface area contributed by atoms with Crippen LogP contribution in [0, 0.1) is 5.92 Å². The van der Waals surface area contributed by atoms with E-state index in [9.17, 15) is 22.8 Å². The summed E-state index contributed by atoms with van der Waals surface area (Å²) in [6, 6.07) is 1.52. The average molecular weight is 387 g/mol. The number of furan rings is 1. The van der Waals surface area contributed by atoms with Gasteiger partial charge in [0, 0.05) is 6.54 Å². The molecule has 26 heavy (non-hydrogen) atoms. The first-order valence-electron chi connectivity index (χ1n) is 7.77. The molecule has 0 aliphatic carbocycles. The van der Waals surface area contributed by atoms with Gasteiger partial charge in [-0.25, -0.2) is 9.79 Å². The van der Waals surface area contributed by atoms with Crippen LogP contribution in [0.25, 0.3) is 0 Å². The smallest absolute Gasteiger partial charge is 0.362 e. The van der Waals surface area contributed by atoms with E-state index >= 15 is 0 Å². The van der Waals surface area contributed by atoms with Crippen molar-refractivity contribution in [2.24, 2.45) is 5.92 Å². The zero-order valence-corrected chi connectivity index (χ0v) is 14.5. The van der Waals surface area contributed by atoms with Crippen LogP contribution in [0.15, 0.2) is 22.8 Å². The van der Waals surface area contributed by atoms with Crippen LogP contribution in [0.2, 0.25) is 0 Å². The van der Waals surface area contributed by atoms with Crippen LogP contribution in [0.5, 0.6) is 0 Å². The van der Waals surface area contributed by atoms with Crippen molar-refractivity contribution in [3.05, 3.63) is 24.2 Å². The zero-order valence-electron chi connectivity index (χ0n) is 13.7. The van der Waals surface area contributed by atoms with Crippen molar-refractivity contribution in [2.75, 3.05) is 6.54 Å². The Morgan fingerprint density at radius 1 is 1.50 bits per heavy atom. The van der Waals surface area contributed by atoms with Crippen LogP contribution in [0.3, 0.4) is 0 Å². The SMILES string of the molecule is CC(C(=O)NOCc1ccco1)C(=O)N1CCC2C1C(=O)N2S(=O)(=O)O. The summed E-state index contributed by atoms with van der Waals surface area (Å²) in [5.41, 5.74) is 2.14. The highest BCUT2D eigenvalue weighted by molar-refractivity contribution is 7.84. The Labute approximate surface area is 148 Å². The summed E-state index contributed by atoms with van der Waals surface area (Å²) in [6.45, 7) is 1.44. The molecule has 0 spiro atoms. The van der Waals surface area contributed by atoms with Crippen LogP contribution in [-0.2, 0) is 36.1 Å². The van der Waals surface area contributed by atoms with Gasteiger partial charge >= 0.3 is 10.3 Å². The molecule has 0 aromatic carbocycles. The predicted molar refractivity (Wildman–Crippen MR) is 83.1 cm³/mol. The highest BCUT2D eigenvalue weighted by atomic mass is 32.2. The summed E-state index contributed by atoms with van der Waals surface area (Å²) in [4.78, 5) is 42.6. The highest BCUT2D eigenvalue weighted by Crippen LogP contribution is 2.36. The number of β-lactam (4-membered cyclic amide) rings is 1. The van der Waals surface area contributed by atoms with Gasteiger partial charge in [0.15, 0.2) is 0 Å². The second-order valence-electron chi connectivity index (χ2n) is 6.00. The quantitative estimate of drug-likeness (QED) is 0.276. The maximum atomic E-state index is 12.5. The van der Waals surface area contributed by atoms with Crippen molar-refractivity contribution < 1.29 is 36.6 Å². The molecule has 3 unspecified atom stereocenters. The Morgan fingerprint density at radius 2 is 2.23 bits per heavy atom. The van der Waals surface area contributed by atoms with E-state index in [4.69, 9.17) is 13.8 Å². The average Bonchev–Trinajstić information content (AvgIpc) is 3.19. The van der Waals surface area contributed by atoms with E-state index in [-0.39, 0.29) is 19.6 Å². The molecule has 2 N–H and O–H groups in total. The second kappa shape index (κ2) is 6.70. The number of hydrogen-bond acceptors (Lipinski definition) is 7. The third kappa shape index (κ3) is 3.18. The molecule has 2 saturated heterocycles. The molecule has 142 valence electrons. The third-order valence-corrected chi connectivity index (χ3v) is 5.35. The van der Waals surface area contributed by atoms with E-state index in [1.807, 2.05) is 0 Å². The van der Waals surface area contributed by atoms with Crippen molar-refractivity contribution in [2.45, 2.75) is 32.0 Å². The first-order chi connectivity index (χ1) is 12.2. The number of carbonyl (C=O) groups excluding carboxylic acids is 3. The van der Waals surface area contributed by atoms with Crippen molar-refractivity contribution in [1.82, 2.24) is 14.7 Å². The Bertz CT molecular complexity index is 821. The van der Waals surface area contributed by atoms with Gasteiger partial charge in [0.05, 0.1) is 12.3 Å². The maximum absolute atomic E-state index is 12.5. The fraction of sp³-hybridized carbons (Fsp3) is 0.500. The molecular formula is C14H17N3O8S. The molecule has 3 heterocycles. The number of nitrogens with one attached hydrogen (secondary N) is 1. The molecule has 11 nitrogen and oxygen atoms in total. The topological polar surface area (TPSA) is 146 Å². The number of nitrogens with zero attached hydrogens (tertiary/aromatic N) is 2. The summed E-state index contributed by atoms with van der Waals surface area (Å²) >= 11 is 0. The molecule has 2 fully saturated rings. The predicted octanol–water partition coefficient (Wildman–Crippen LogP) is -0.922. The minimum atomic E-state index is -4.65. The molecule has 1 aromatic rings. The molecule has 12 heteroatoms. The molecule has 3 atom stereocenters. The van der Waals surface area contributed by atoms with Gasteiger partial charge in [-0.3, -0.25) is 23.8 Å². The van der Waals surface area contributed by atoms with Gasteiger partial charge in [0.25, 0.3) is 11.8 Å². The Morgan fingerprint density at radius 3 is 2.85 bits per heavy atom. The summed E-state index contributed by atoms with van der Waals surface area (Å²) in [6.07, 6.45) is 1.65. The monoisotopic (exact) mass is 387 g/mol. The number of carbonyl (C=O) groups is 3. The number of amides is 3. The highest BCUT2D eigenvalue weighted by Gasteiger charge is 2.60. The first kappa shape index (κ1) is 18.4. The summed E-state index contributed by atoms with van der Waals surface area (Å²) in [5.74, 6) is -2.87. The van der Waals surface area contributed by atoms with Gasteiger partial charge in [-0.2, -0.15) is 8.42 Å². The van der Waals surface area contributed by atoms with Gasteiger partial charge in [-0.1, -0.05) is 0 Å². The zero-order chi connectivity index (χ0) is 19.1. The molecule has 3 amide bonds. The molecular weight excluding hydrogens is 370 g/mol. The number of hydrogen-bond donors (Lipinski definition) is 2. The maximum Gasteiger partial charge on any atom is 0.362 e. The second-order valence-corrected chi connectivity index (χ2v) is 7.29. The van der Waals surface area contributed by atoms with Crippen molar-refractivity contribution in [1.29, 1.82) is 0 Å². The lowest BCUT2D eigenvalue weighted by Crippen LogP contribution is -2.68. The van der Waals surface area contributed by atoms with Gasteiger partial charge in [0.1, 0.15) is 24.3 Å². The van der Waals surface area contributed by atoms with Crippen molar-refractivity contribution >= 4 is 28.0 Å². The standard InChI is InChI=1S/C14H17N3O8S/c1-8(12(18)15-25-7-9-3-2-6-24-9)13(19)16-5-4-10-11(16)14(20)17(10)26(21,22)23/h2-3,6,8,10-11H,4-5,7H2,1H3,(H,15,18)(H,21,22,23). The number of likely N-dealkylation sites (tertiary alicyclic amines) is 1. The largest absolute Gasteiger partial charge is 0.467 e. The number of rotatable bonds is 6. The Kier molecular flexibility index (Phi) is 4.73. The number of fused-ring (bicyclic) bond motifs is 1. The molecule has 2 aliphatic heterocycles.